The smallest absolute Gasteiger partial charge is 0.107 e. The van der Waals surface area contributed by atoms with Gasteiger partial charge in [0.2, 0.25) is 0 Å². The van der Waals surface area contributed by atoms with Crippen LogP contribution in [0.5, 0.6) is 0 Å². The molecule has 1 heterocycles. The van der Waals surface area contributed by atoms with E-state index in [4.69, 9.17) is 11.6 Å². The summed E-state index contributed by atoms with van der Waals surface area (Å²) in [6.45, 7) is 2.23. The van der Waals surface area contributed by atoms with Crippen LogP contribution in [0, 0.1) is 0 Å². The molecule has 156 valence electrons. The van der Waals surface area contributed by atoms with Gasteiger partial charge in [-0.2, -0.15) is 0 Å². The topological polar surface area (TPSA) is 48.9 Å². The van der Waals surface area contributed by atoms with Crippen LogP contribution >= 0.6 is 11.6 Å². The highest BCUT2D eigenvalue weighted by Crippen LogP contribution is 2.18. The Bertz CT molecular complexity index is 695. The lowest BCUT2D eigenvalue weighted by Crippen LogP contribution is -2.05. The molecule has 2 aromatic rings. The molecule has 0 bridgehead atoms. The summed E-state index contributed by atoms with van der Waals surface area (Å²) < 4.78 is 0. The van der Waals surface area contributed by atoms with E-state index in [-0.39, 0.29) is 6.10 Å². The number of aromatic amines is 1. The van der Waals surface area contributed by atoms with Crippen LogP contribution in [-0.4, -0.2) is 21.2 Å². The lowest BCUT2D eigenvalue weighted by atomic mass is 10.0. The molecule has 2 N–H and O–H groups in total. The molecule has 0 amide bonds. The summed E-state index contributed by atoms with van der Waals surface area (Å²) >= 11 is 6.02. The highest BCUT2D eigenvalue weighted by atomic mass is 35.5. The lowest BCUT2D eigenvalue weighted by molar-refractivity contribution is 0.152. The predicted octanol–water partition coefficient (Wildman–Crippen LogP) is 7.38. The maximum Gasteiger partial charge on any atom is 0.107 e. The number of rotatable bonds is 15. The Hall–Kier alpha value is -1.32. The Morgan fingerprint density at radius 3 is 2.64 bits per heavy atom. The third-order valence-electron chi connectivity index (χ3n) is 5.25. The van der Waals surface area contributed by atoms with E-state index in [0.717, 1.165) is 60.4 Å². The summed E-state index contributed by atoms with van der Waals surface area (Å²) in [5.74, 6) is 1.05. The first-order chi connectivity index (χ1) is 13.7. The van der Waals surface area contributed by atoms with Crippen molar-refractivity contribution >= 4 is 22.6 Å². The molecule has 0 spiro atoms. The number of aryl methyl sites for hydroxylation is 1. The number of allylic oxidation sites excluding steroid dienone is 2. The summed E-state index contributed by atoms with van der Waals surface area (Å²) in [7, 11) is 0. The molecule has 0 saturated carbocycles. The molecule has 28 heavy (non-hydrogen) atoms. The largest absolute Gasteiger partial charge is 0.393 e. The van der Waals surface area contributed by atoms with E-state index in [1.807, 2.05) is 18.2 Å². The van der Waals surface area contributed by atoms with Gasteiger partial charge in [0.1, 0.15) is 5.82 Å². The molecule has 1 aromatic carbocycles. The number of unbranched alkanes of at least 4 members (excludes halogenated alkanes) is 7. The van der Waals surface area contributed by atoms with Crippen molar-refractivity contribution in [3.05, 3.63) is 41.2 Å². The quantitative estimate of drug-likeness (QED) is 0.240. The normalized spacial score (nSPS) is 13.0. The third-order valence-corrected chi connectivity index (χ3v) is 5.49. The molecular weight excluding hydrogens is 368 g/mol. The van der Waals surface area contributed by atoms with Gasteiger partial charge in [0.05, 0.1) is 17.1 Å². The van der Waals surface area contributed by atoms with Gasteiger partial charge in [-0.3, -0.25) is 0 Å². The average Bonchev–Trinajstić information content (AvgIpc) is 3.08. The number of fused-ring (bicyclic) bond motifs is 1. The number of hydrogen-bond donors (Lipinski definition) is 2. The van der Waals surface area contributed by atoms with Crippen molar-refractivity contribution in [3.8, 4) is 0 Å². The Balaban J connectivity index is 1.45. The number of H-pyrrole nitrogens is 1. The molecular formula is C24H37ClN2O. The number of nitrogens with zero attached hydrogens (tertiary/aromatic N) is 1. The van der Waals surface area contributed by atoms with E-state index in [9.17, 15) is 5.11 Å². The van der Waals surface area contributed by atoms with E-state index >= 15 is 0 Å². The maximum atomic E-state index is 10.1. The fourth-order valence-electron chi connectivity index (χ4n) is 3.54. The molecule has 0 saturated heterocycles. The molecule has 0 aliphatic carbocycles. The third kappa shape index (κ3) is 9.25. The minimum absolute atomic E-state index is 0.136. The second-order valence-corrected chi connectivity index (χ2v) is 8.29. The number of nitrogens with one attached hydrogen (secondary N) is 1. The van der Waals surface area contributed by atoms with Gasteiger partial charge in [-0.05, 0) is 56.7 Å². The van der Waals surface area contributed by atoms with Crippen LogP contribution in [-0.2, 0) is 6.42 Å². The first-order valence-corrected chi connectivity index (χ1v) is 11.5. The molecule has 0 aliphatic heterocycles. The molecule has 0 fully saturated rings. The zero-order chi connectivity index (χ0) is 20.0. The monoisotopic (exact) mass is 404 g/mol. The fourth-order valence-corrected chi connectivity index (χ4v) is 3.71. The van der Waals surface area contributed by atoms with Crippen LogP contribution in [0.25, 0.3) is 11.0 Å². The molecule has 1 atom stereocenters. The minimum atomic E-state index is -0.136. The molecule has 4 heteroatoms. The lowest BCUT2D eigenvalue weighted by Gasteiger charge is -2.08. The van der Waals surface area contributed by atoms with Gasteiger partial charge in [-0.1, -0.05) is 69.2 Å². The van der Waals surface area contributed by atoms with E-state index in [0.29, 0.717) is 0 Å². The second-order valence-electron chi connectivity index (χ2n) is 7.85. The average molecular weight is 405 g/mol. The minimum Gasteiger partial charge on any atom is -0.393 e. The van der Waals surface area contributed by atoms with Crippen molar-refractivity contribution in [2.24, 2.45) is 0 Å². The highest BCUT2D eigenvalue weighted by molar-refractivity contribution is 6.31. The van der Waals surface area contributed by atoms with Gasteiger partial charge >= 0.3 is 0 Å². The van der Waals surface area contributed by atoms with Crippen LogP contribution in [0.1, 0.15) is 89.8 Å². The van der Waals surface area contributed by atoms with Crippen LogP contribution < -0.4 is 0 Å². The van der Waals surface area contributed by atoms with Crippen molar-refractivity contribution < 1.29 is 5.11 Å². The van der Waals surface area contributed by atoms with Gasteiger partial charge in [-0.15, -0.1) is 0 Å². The fraction of sp³-hybridized carbons (Fsp3) is 0.625. The Kier molecular flexibility index (Phi) is 11.3. The summed E-state index contributed by atoms with van der Waals surface area (Å²) in [5, 5.41) is 10.8. The summed E-state index contributed by atoms with van der Waals surface area (Å²) in [6, 6.07) is 5.78. The van der Waals surface area contributed by atoms with Crippen molar-refractivity contribution in [1.82, 2.24) is 9.97 Å². The Labute approximate surface area is 175 Å². The van der Waals surface area contributed by atoms with Crippen LogP contribution in [0.2, 0.25) is 5.02 Å². The van der Waals surface area contributed by atoms with Gasteiger partial charge < -0.3 is 10.1 Å². The number of benzene rings is 1. The van der Waals surface area contributed by atoms with Crippen molar-refractivity contribution in [3.63, 3.8) is 0 Å². The SMILES string of the molecule is CCCCC/C=C\CC[C@H](O)CCCCCCCc1nc2ccc(Cl)cc2[nH]1. The molecule has 0 aliphatic rings. The predicted molar refractivity (Wildman–Crippen MR) is 121 cm³/mol. The van der Waals surface area contributed by atoms with Crippen molar-refractivity contribution in [1.29, 1.82) is 0 Å². The highest BCUT2D eigenvalue weighted by Gasteiger charge is 2.04. The molecule has 0 unspecified atom stereocenters. The number of aliphatic hydroxyl groups is 1. The molecule has 1 aromatic heterocycles. The van der Waals surface area contributed by atoms with E-state index in [2.05, 4.69) is 29.0 Å². The maximum absolute atomic E-state index is 10.1. The Morgan fingerprint density at radius 2 is 1.79 bits per heavy atom. The number of halogens is 1. The van der Waals surface area contributed by atoms with Gasteiger partial charge in [-0.25, -0.2) is 4.98 Å². The van der Waals surface area contributed by atoms with Crippen molar-refractivity contribution in [2.45, 2.75) is 96.5 Å². The van der Waals surface area contributed by atoms with E-state index in [1.165, 1.54) is 44.9 Å². The van der Waals surface area contributed by atoms with Gasteiger partial charge in [0.15, 0.2) is 0 Å². The van der Waals surface area contributed by atoms with E-state index < -0.39 is 0 Å². The summed E-state index contributed by atoms with van der Waals surface area (Å²) in [6.07, 6.45) is 19.2. The van der Waals surface area contributed by atoms with Crippen LogP contribution in [0.15, 0.2) is 30.4 Å². The van der Waals surface area contributed by atoms with Crippen LogP contribution in [0.3, 0.4) is 0 Å². The number of aromatic nitrogens is 2. The van der Waals surface area contributed by atoms with Gasteiger partial charge in [0.25, 0.3) is 0 Å². The summed E-state index contributed by atoms with van der Waals surface area (Å²) in [4.78, 5) is 7.97. The zero-order valence-corrected chi connectivity index (χ0v) is 18.2. The Morgan fingerprint density at radius 1 is 1.00 bits per heavy atom. The molecule has 0 radical (unpaired) electrons. The standard InChI is InChI=1S/C24H37ClN2O/c1-2-3-4-5-6-8-11-14-21(28)15-12-9-7-10-13-16-24-26-22-18-17-20(25)19-23(22)27-24/h6,8,17-19,21,28H,2-5,7,9-16H2,1H3,(H,26,27)/b8-6-/t21-/m0/s1. The first kappa shape index (κ1) is 23.0. The van der Waals surface area contributed by atoms with Crippen LogP contribution in [0.4, 0.5) is 0 Å². The molecule has 2 rings (SSSR count). The van der Waals surface area contributed by atoms with E-state index in [1.54, 1.807) is 0 Å². The molecule has 3 nitrogen and oxygen atoms in total. The first-order valence-electron chi connectivity index (χ1n) is 11.2. The summed E-state index contributed by atoms with van der Waals surface area (Å²) in [5.41, 5.74) is 2.01. The number of hydrogen-bond acceptors (Lipinski definition) is 2. The van der Waals surface area contributed by atoms with Gasteiger partial charge in [0, 0.05) is 11.4 Å². The number of aliphatic hydroxyl groups excluding tert-OH is 1. The second kappa shape index (κ2) is 13.8. The zero-order valence-electron chi connectivity index (χ0n) is 17.4. The van der Waals surface area contributed by atoms with Crippen molar-refractivity contribution in [2.75, 3.05) is 0 Å². The number of imidazole rings is 1.